The summed E-state index contributed by atoms with van der Waals surface area (Å²) in [5, 5.41) is 2.74. The fraction of sp³-hybridized carbons (Fsp3) is 0.333. The lowest BCUT2D eigenvalue weighted by atomic mass is 10.2. The van der Waals surface area contributed by atoms with E-state index < -0.39 is 15.6 Å². The first kappa shape index (κ1) is 19.7. The number of nitrogens with one attached hydrogen (secondary N) is 2. The van der Waals surface area contributed by atoms with Crippen molar-refractivity contribution in [3.63, 3.8) is 0 Å². The number of benzene rings is 1. The molecule has 0 radical (unpaired) electrons. The Kier molecular flexibility index (Phi) is 5.59. The molecule has 0 saturated carbocycles. The van der Waals surface area contributed by atoms with E-state index in [2.05, 4.69) is 10.0 Å². The van der Waals surface area contributed by atoms with Crippen molar-refractivity contribution in [3.05, 3.63) is 51.9 Å². The molecule has 9 nitrogen and oxygen atoms in total. The van der Waals surface area contributed by atoms with Gasteiger partial charge in [-0.3, -0.25) is 14.3 Å². The van der Waals surface area contributed by atoms with Gasteiger partial charge in [-0.1, -0.05) is 6.07 Å². The first-order valence-electron chi connectivity index (χ1n) is 8.65. The van der Waals surface area contributed by atoms with E-state index in [1.165, 1.54) is 17.6 Å². The molecular weight excluding hydrogens is 386 g/mol. The molecule has 0 fully saturated rings. The fourth-order valence-electron chi connectivity index (χ4n) is 2.64. The lowest BCUT2D eigenvalue weighted by Crippen LogP contribution is -2.34. The van der Waals surface area contributed by atoms with Gasteiger partial charge in [-0.2, -0.15) is 0 Å². The summed E-state index contributed by atoms with van der Waals surface area (Å²) >= 11 is 0. The average molecular weight is 407 g/mol. The number of rotatable bonds is 7. The van der Waals surface area contributed by atoms with Gasteiger partial charge in [-0.15, -0.1) is 0 Å². The topological polar surface area (TPSA) is 116 Å². The van der Waals surface area contributed by atoms with Gasteiger partial charge in [-0.05, 0) is 43.7 Å². The Labute approximate surface area is 162 Å². The van der Waals surface area contributed by atoms with Gasteiger partial charge >= 0.3 is 0 Å². The molecule has 2 N–H and O–H groups in total. The molecule has 2 heterocycles. The molecule has 1 aliphatic rings. The van der Waals surface area contributed by atoms with Crippen molar-refractivity contribution in [2.45, 2.75) is 26.9 Å². The highest BCUT2D eigenvalue weighted by Gasteiger charge is 2.16. The molecule has 0 spiro atoms. The molecule has 1 aromatic carbocycles. The van der Waals surface area contributed by atoms with Crippen LogP contribution in [-0.2, 0) is 27.9 Å². The fourth-order valence-corrected chi connectivity index (χ4v) is 3.27. The van der Waals surface area contributed by atoms with Crippen LogP contribution < -0.4 is 25.1 Å². The van der Waals surface area contributed by atoms with Crippen LogP contribution in [0.1, 0.15) is 18.2 Å². The second-order valence-electron chi connectivity index (χ2n) is 6.25. The minimum atomic E-state index is -3.59. The monoisotopic (exact) mass is 407 g/mol. The van der Waals surface area contributed by atoms with Gasteiger partial charge < -0.3 is 19.4 Å². The predicted octanol–water partition coefficient (Wildman–Crippen LogP) is 0.963. The maximum absolute atomic E-state index is 12.5. The third-order valence-electron chi connectivity index (χ3n) is 4.27. The van der Waals surface area contributed by atoms with Crippen molar-refractivity contribution >= 4 is 21.6 Å². The van der Waals surface area contributed by atoms with Crippen LogP contribution in [0.15, 0.2) is 35.1 Å². The highest BCUT2D eigenvalue weighted by Crippen LogP contribution is 2.32. The van der Waals surface area contributed by atoms with Crippen LogP contribution in [0.3, 0.4) is 0 Å². The Balaban J connectivity index is 1.69. The Hall–Kier alpha value is -3.01. The van der Waals surface area contributed by atoms with Crippen molar-refractivity contribution in [2.24, 2.45) is 0 Å². The number of aromatic nitrogens is 1. The highest BCUT2D eigenvalue weighted by molar-refractivity contribution is 7.92. The summed E-state index contributed by atoms with van der Waals surface area (Å²) in [7, 11) is -3.59. The van der Waals surface area contributed by atoms with Crippen LogP contribution >= 0.6 is 0 Å². The number of ether oxygens (including phenoxy) is 2. The van der Waals surface area contributed by atoms with Crippen molar-refractivity contribution in [2.75, 3.05) is 17.3 Å². The molecule has 1 aromatic heterocycles. The van der Waals surface area contributed by atoms with Gasteiger partial charge in [-0.25, -0.2) is 8.42 Å². The summed E-state index contributed by atoms with van der Waals surface area (Å²) < 4.78 is 37.4. The summed E-state index contributed by atoms with van der Waals surface area (Å²) in [6.45, 7) is 3.34. The number of anilines is 1. The maximum atomic E-state index is 12.5. The minimum absolute atomic E-state index is 0.0870. The van der Waals surface area contributed by atoms with E-state index in [1.807, 2.05) is 6.07 Å². The molecule has 150 valence electrons. The SMILES string of the molecule is CCS(=O)(=O)Nc1ccc(C)n(CC(=O)NCc2ccc3c(c2)OCO3)c1=O. The lowest BCUT2D eigenvalue weighted by Gasteiger charge is -2.13. The molecule has 1 aliphatic heterocycles. The second-order valence-corrected chi connectivity index (χ2v) is 8.26. The molecule has 0 saturated heterocycles. The van der Waals surface area contributed by atoms with Crippen LogP contribution in [0.5, 0.6) is 11.5 Å². The third kappa shape index (κ3) is 4.45. The number of carbonyl (C=O) groups is 1. The number of amides is 1. The van der Waals surface area contributed by atoms with Crippen molar-refractivity contribution in [1.82, 2.24) is 9.88 Å². The molecule has 0 aliphatic carbocycles. The van der Waals surface area contributed by atoms with Gasteiger partial charge in [0.2, 0.25) is 22.7 Å². The summed E-state index contributed by atoms with van der Waals surface area (Å²) in [4.78, 5) is 24.9. The van der Waals surface area contributed by atoms with Crippen LogP contribution in [0.4, 0.5) is 5.69 Å². The van der Waals surface area contributed by atoms with Gasteiger partial charge in [0.1, 0.15) is 12.2 Å². The smallest absolute Gasteiger partial charge is 0.275 e. The summed E-state index contributed by atoms with van der Waals surface area (Å²) in [6, 6.07) is 8.33. The summed E-state index contributed by atoms with van der Waals surface area (Å²) in [6.07, 6.45) is 0. The second kappa shape index (κ2) is 7.93. The summed E-state index contributed by atoms with van der Waals surface area (Å²) in [5.74, 6) is 0.743. The van der Waals surface area contributed by atoms with Crippen LogP contribution in [0.25, 0.3) is 0 Å². The standard InChI is InChI=1S/C18H21N3O6S/c1-3-28(24,25)20-14-6-4-12(2)21(18(14)23)10-17(22)19-9-13-5-7-15-16(8-13)27-11-26-15/h4-8,20H,3,9-11H2,1-2H3,(H,19,22). The molecule has 2 aromatic rings. The normalized spacial score (nSPS) is 12.6. The Morgan fingerprint density at radius 2 is 1.93 bits per heavy atom. The largest absolute Gasteiger partial charge is 0.454 e. The number of aryl methyl sites for hydroxylation is 1. The molecule has 10 heteroatoms. The molecular formula is C18H21N3O6S. The number of hydrogen-bond donors (Lipinski definition) is 2. The maximum Gasteiger partial charge on any atom is 0.275 e. The number of fused-ring (bicyclic) bond motifs is 1. The highest BCUT2D eigenvalue weighted by atomic mass is 32.2. The lowest BCUT2D eigenvalue weighted by molar-refractivity contribution is -0.121. The van der Waals surface area contributed by atoms with Gasteiger partial charge in [0, 0.05) is 12.2 Å². The van der Waals surface area contributed by atoms with E-state index in [4.69, 9.17) is 9.47 Å². The number of sulfonamides is 1. The van der Waals surface area contributed by atoms with E-state index in [9.17, 15) is 18.0 Å². The third-order valence-corrected chi connectivity index (χ3v) is 5.56. The van der Waals surface area contributed by atoms with Crippen molar-refractivity contribution in [1.29, 1.82) is 0 Å². The van der Waals surface area contributed by atoms with Crippen LogP contribution in [0, 0.1) is 6.92 Å². The molecule has 0 bridgehead atoms. The van der Waals surface area contributed by atoms with E-state index in [0.29, 0.717) is 17.2 Å². The number of carbonyl (C=O) groups excluding carboxylic acids is 1. The minimum Gasteiger partial charge on any atom is -0.454 e. The number of pyridine rings is 1. The van der Waals surface area contributed by atoms with Gasteiger partial charge in [0.05, 0.1) is 5.75 Å². The molecule has 0 atom stereocenters. The quantitative estimate of drug-likeness (QED) is 0.706. The molecule has 3 rings (SSSR count). The molecule has 28 heavy (non-hydrogen) atoms. The first-order chi connectivity index (χ1) is 13.3. The Morgan fingerprint density at radius 3 is 2.68 bits per heavy atom. The van der Waals surface area contributed by atoms with Crippen LogP contribution in [-0.4, -0.2) is 31.4 Å². The van der Waals surface area contributed by atoms with E-state index in [-0.39, 0.29) is 37.2 Å². The van der Waals surface area contributed by atoms with E-state index >= 15 is 0 Å². The zero-order valence-corrected chi connectivity index (χ0v) is 16.3. The first-order valence-corrected chi connectivity index (χ1v) is 10.3. The van der Waals surface area contributed by atoms with Crippen molar-refractivity contribution < 1.29 is 22.7 Å². The van der Waals surface area contributed by atoms with E-state index in [0.717, 1.165) is 5.56 Å². The van der Waals surface area contributed by atoms with Gasteiger partial charge in [0.15, 0.2) is 11.5 Å². The van der Waals surface area contributed by atoms with Crippen molar-refractivity contribution in [3.8, 4) is 11.5 Å². The Morgan fingerprint density at radius 1 is 1.18 bits per heavy atom. The van der Waals surface area contributed by atoms with Crippen LogP contribution in [0.2, 0.25) is 0 Å². The zero-order valence-electron chi connectivity index (χ0n) is 15.5. The Bertz CT molecular complexity index is 1060. The van der Waals surface area contributed by atoms with Gasteiger partial charge in [0.25, 0.3) is 5.56 Å². The zero-order chi connectivity index (χ0) is 20.3. The number of hydrogen-bond acceptors (Lipinski definition) is 6. The molecule has 1 amide bonds. The summed E-state index contributed by atoms with van der Waals surface area (Å²) in [5.41, 5.74) is 0.708. The van der Waals surface area contributed by atoms with E-state index in [1.54, 1.807) is 25.1 Å². The predicted molar refractivity (Wildman–Crippen MR) is 103 cm³/mol. The number of nitrogens with zero attached hydrogens (tertiary/aromatic N) is 1. The molecule has 0 unspecified atom stereocenters. The average Bonchev–Trinajstić information content (AvgIpc) is 3.13.